The number of hydrogen-bond acceptors (Lipinski definition) is 7. The van der Waals surface area contributed by atoms with Gasteiger partial charge in [-0.1, -0.05) is 57.0 Å². The Morgan fingerprint density at radius 1 is 0.638 bits per heavy atom. The monoisotopic (exact) mass is 749 g/mol. The Bertz CT molecular complexity index is 1680. The van der Waals surface area contributed by atoms with E-state index in [-0.39, 0.29) is 11.8 Å². The van der Waals surface area contributed by atoms with Gasteiger partial charge in [-0.3, -0.25) is 14.6 Å². The number of carbonyl (C=O) groups is 2. The van der Waals surface area contributed by atoms with E-state index in [0.29, 0.717) is 11.6 Å². The SMILES string of the molecule is CI.Cc1cc(C)cc(-c2ncn(/C=C\C(=O)N3CCCC3)n2)c1.Cc1cc(C)cc(-c2ncn(/C=C\C(=O)N3CCCN3C)n2)c1. The average Bonchev–Trinajstić information content (AvgIpc) is 3.87. The molecule has 47 heavy (non-hydrogen) atoms. The van der Waals surface area contributed by atoms with Gasteiger partial charge in [0.25, 0.3) is 5.91 Å². The van der Waals surface area contributed by atoms with Crippen molar-refractivity contribution >= 4 is 46.8 Å². The van der Waals surface area contributed by atoms with Crippen LogP contribution in [0.2, 0.25) is 0 Å². The molecular weight excluding hydrogens is 705 g/mol. The molecule has 4 aromatic rings. The summed E-state index contributed by atoms with van der Waals surface area (Å²) >= 11 is 2.15. The number of amides is 2. The third kappa shape index (κ3) is 10.2. The van der Waals surface area contributed by atoms with Crippen LogP contribution in [0.5, 0.6) is 0 Å². The Labute approximate surface area is 291 Å². The van der Waals surface area contributed by atoms with Gasteiger partial charge in [0.1, 0.15) is 12.7 Å². The highest BCUT2D eigenvalue weighted by Crippen LogP contribution is 2.19. The zero-order valence-electron chi connectivity index (χ0n) is 28.1. The van der Waals surface area contributed by atoms with Crippen molar-refractivity contribution in [3.8, 4) is 22.8 Å². The lowest BCUT2D eigenvalue weighted by atomic mass is 10.1. The Hall–Kier alpha value is -4.17. The molecule has 6 rings (SSSR count). The first-order valence-corrected chi connectivity index (χ1v) is 17.9. The van der Waals surface area contributed by atoms with E-state index < -0.39 is 0 Å². The van der Waals surface area contributed by atoms with Crippen molar-refractivity contribution in [3.05, 3.63) is 83.5 Å². The van der Waals surface area contributed by atoms with Crippen molar-refractivity contribution in [3.63, 3.8) is 0 Å². The predicted octanol–water partition coefficient (Wildman–Crippen LogP) is 5.82. The van der Waals surface area contributed by atoms with E-state index in [1.54, 1.807) is 45.5 Å². The summed E-state index contributed by atoms with van der Waals surface area (Å²) in [5.74, 6) is 1.34. The summed E-state index contributed by atoms with van der Waals surface area (Å²) in [4.78, 5) is 36.6. The molecule has 4 heterocycles. The van der Waals surface area contributed by atoms with Gasteiger partial charge in [-0.25, -0.2) is 24.3 Å². The molecule has 2 fully saturated rings. The van der Waals surface area contributed by atoms with Crippen LogP contribution in [0.1, 0.15) is 41.5 Å². The fourth-order valence-electron chi connectivity index (χ4n) is 5.59. The normalized spacial score (nSPS) is 14.8. The minimum Gasteiger partial charge on any atom is -0.339 e. The maximum Gasteiger partial charge on any atom is 0.262 e. The van der Waals surface area contributed by atoms with Crippen molar-refractivity contribution < 1.29 is 9.59 Å². The molecule has 0 saturated carbocycles. The van der Waals surface area contributed by atoms with Crippen LogP contribution in [0.25, 0.3) is 35.2 Å². The first-order valence-electron chi connectivity index (χ1n) is 15.7. The molecule has 2 aliphatic heterocycles. The number of hydrazine groups is 1. The fourth-order valence-corrected chi connectivity index (χ4v) is 5.59. The van der Waals surface area contributed by atoms with Gasteiger partial charge in [-0.05, 0) is 76.2 Å². The maximum absolute atomic E-state index is 12.1. The maximum atomic E-state index is 12.1. The van der Waals surface area contributed by atoms with Gasteiger partial charge in [-0.15, -0.1) is 10.2 Å². The number of aryl methyl sites for hydroxylation is 4. The molecule has 2 aliphatic rings. The molecule has 0 unspecified atom stereocenters. The highest BCUT2D eigenvalue weighted by Gasteiger charge is 2.21. The Balaban J connectivity index is 0.000000202. The first-order chi connectivity index (χ1) is 22.6. The summed E-state index contributed by atoms with van der Waals surface area (Å²) in [6.07, 6.45) is 12.8. The summed E-state index contributed by atoms with van der Waals surface area (Å²) in [7, 11) is 1.92. The Morgan fingerprint density at radius 3 is 1.51 bits per heavy atom. The molecule has 12 heteroatoms. The number of carbonyl (C=O) groups excluding carboxylic acids is 2. The topological polar surface area (TPSA) is 105 Å². The number of nitrogens with zero attached hydrogens (tertiary/aromatic N) is 9. The Morgan fingerprint density at radius 2 is 1.09 bits per heavy atom. The van der Waals surface area contributed by atoms with E-state index in [9.17, 15) is 9.59 Å². The van der Waals surface area contributed by atoms with Crippen LogP contribution >= 0.6 is 22.6 Å². The summed E-state index contributed by atoms with van der Waals surface area (Å²) < 4.78 is 3.15. The van der Waals surface area contributed by atoms with Gasteiger partial charge in [0.05, 0.1) is 0 Å². The quantitative estimate of drug-likeness (QED) is 0.139. The van der Waals surface area contributed by atoms with Crippen LogP contribution in [0, 0.1) is 27.7 Å². The van der Waals surface area contributed by atoms with Crippen LogP contribution in [0.15, 0.2) is 61.2 Å². The van der Waals surface area contributed by atoms with E-state index in [2.05, 4.69) is 107 Å². The number of halogens is 1. The number of alkyl halides is 1. The van der Waals surface area contributed by atoms with Gasteiger partial charge in [0.15, 0.2) is 11.6 Å². The van der Waals surface area contributed by atoms with E-state index in [1.807, 2.05) is 21.9 Å². The summed E-state index contributed by atoms with van der Waals surface area (Å²) in [6, 6.07) is 12.5. The molecule has 11 nitrogen and oxygen atoms in total. The minimum absolute atomic E-state index is 0.0338. The molecule has 2 saturated heterocycles. The molecule has 0 bridgehead atoms. The lowest BCUT2D eigenvalue weighted by Gasteiger charge is -2.22. The molecule has 2 amide bonds. The summed E-state index contributed by atoms with van der Waals surface area (Å²) in [6.45, 7) is 11.6. The van der Waals surface area contributed by atoms with Crippen LogP contribution in [0.3, 0.4) is 0 Å². The molecule has 2 aromatic carbocycles. The lowest BCUT2D eigenvalue weighted by molar-refractivity contribution is -0.136. The number of likely N-dealkylation sites (tertiary alicyclic amines) is 1. The highest BCUT2D eigenvalue weighted by atomic mass is 127. The van der Waals surface area contributed by atoms with E-state index in [1.165, 1.54) is 28.3 Å². The Kier molecular flexibility index (Phi) is 13.0. The summed E-state index contributed by atoms with van der Waals surface area (Å²) in [5, 5.41) is 12.5. The third-order valence-corrected chi connectivity index (χ3v) is 7.65. The number of rotatable bonds is 6. The van der Waals surface area contributed by atoms with Crippen LogP contribution in [-0.4, -0.2) is 94.4 Å². The second-order valence-electron chi connectivity index (χ2n) is 11.7. The van der Waals surface area contributed by atoms with Crippen LogP contribution in [-0.2, 0) is 9.59 Å². The highest BCUT2D eigenvalue weighted by molar-refractivity contribution is 14.1. The standard InChI is InChI=1S/C17H21N5O.C17H20N4O.CH3I/c1-13-9-14(2)11-15(10-13)17-18-12-21(19-17)8-5-16(23)22-7-4-6-20(22)3;1-13-9-14(2)11-15(10-13)17-18-12-21(19-17)8-5-16(22)20-6-3-4-7-20;1-2/h5,8-12H,4,6-7H2,1-3H3;5,8-12H,3-4,6-7H2,1-2H3;1H3/b2*8-5-;. The summed E-state index contributed by atoms with van der Waals surface area (Å²) in [5.41, 5.74) is 6.71. The predicted molar refractivity (Wildman–Crippen MR) is 195 cm³/mol. The average molecular weight is 750 g/mol. The third-order valence-electron chi connectivity index (χ3n) is 7.65. The second kappa shape index (κ2) is 17.1. The largest absolute Gasteiger partial charge is 0.339 e. The lowest BCUT2D eigenvalue weighted by Crippen LogP contribution is -2.37. The van der Waals surface area contributed by atoms with Gasteiger partial charge >= 0.3 is 0 Å². The molecule has 2 aromatic heterocycles. The molecular formula is C35H44IN9O2. The minimum atomic E-state index is -0.0338. The van der Waals surface area contributed by atoms with E-state index in [0.717, 1.165) is 56.6 Å². The molecule has 0 N–H and O–H groups in total. The van der Waals surface area contributed by atoms with Gasteiger partial charge in [0, 0.05) is 68.9 Å². The van der Waals surface area contributed by atoms with Crippen molar-refractivity contribution in [2.24, 2.45) is 0 Å². The van der Waals surface area contributed by atoms with E-state index >= 15 is 0 Å². The van der Waals surface area contributed by atoms with Crippen molar-refractivity contribution in [1.82, 2.24) is 44.4 Å². The van der Waals surface area contributed by atoms with E-state index in [4.69, 9.17) is 0 Å². The zero-order valence-corrected chi connectivity index (χ0v) is 30.3. The molecule has 0 radical (unpaired) electrons. The fraction of sp³-hybridized carbons (Fsp3) is 0.371. The molecule has 0 spiro atoms. The van der Waals surface area contributed by atoms with Gasteiger partial charge < -0.3 is 4.90 Å². The molecule has 248 valence electrons. The zero-order chi connectivity index (χ0) is 33.9. The second-order valence-corrected chi connectivity index (χ2v) is 11.7. The van der Waals surface area contributed by atoms with Crippen LogP contribution in [0.4, 0.5) is 0 Å². The van der Waals surface area contributed by atoms with Crippen LogP contribution < -0.4 is 0 Å². The van der Waals surface area contributed by atoms with Crippen molar-refractivity contribution in [2.45, 2.75) is 47.0 Å². The number of hydrogen-bond donors (Lipinski definition) is 0. The number of aromatic nitrogens is 6. The smallest absolute Gasteiger partial charge is 0.262 e. The number of benzene rings is 2. The van der Waals surface area contributed by atoms with Gasteiger partial charge in [-0.2, -0.15) is 0 Å². The first kappa shape index (κ1) is 35.7. The van der Waals surface area contributed by atoms with Crippen molar-refractivity contribution in [1.29, 1.82) is 0 Å². The molecule has 0 aliphatic carbocycles. The van der Waals surface area contributed by atoms with Crippen molar-refractivity contribution in [2.75, 3.05) is 38.2 Å². The molecule has 0 atom stereocenters. The van der Waals surface area contributed by atoms with Gasteiger partial charge in [0.2, 0.25) is 5.91 Å².